The van der Waals surface area contributed by atoms with Gasteiger partial charge in [0.1, 0.15) is 5.75 Å². The van der Waals surface area contributed by atoms with E-state index in [1.807, 2.05) is 24.3 Å². The van der Waals surface area contributed by atoms with Gasteiger partial charge in [0.25, 0.3) is 0 Å². The molecular formula is C25H33NO2. The summed E-state index contributed by atoms with van der Waals surface area (Å²) in [6, 6.07) is 18.5. The lowest BCUT2D eigenvalue weighted by Gasteiger charge is -2.39. The van der Waals surface area contributed by atoms with E-state index in [0.717, 1.165) is 49.1 Å². The van der Waals surface area contributed by atoms with E-state index in [9.17, 15) is 5.11 Å². The molecular weight excluding hydrogens is 346 g/mol. The van der Waals surface area contributed by atoms with Gasteiger partial charge in [-0.05, 0) is 62.2 Å². The van der Waals surface area contributed by atoms with Gasteiger partial charge in [-0.3, -0.25) is 0 Å². The molecule has 1 N–H and O–H groups in total. The SMILES string of the molecule is COc1cccc(C=C2CCCCC(CN(C)C)C2(O)Cc2ccccc2)c1. The maximum absolute atomic E-state index is 12.1. The van der Waals surface area contributed by atoms with Gasteiger partial charge in [0.05, 0.1) is 12.7 Å². The predicted molar refractivity (Wildman–Crippen MR) is 117 cm³/mol. The molecule has 28 heavy (non-hydrogen) atoms. The normalized spacial score (nSPS) is 24.3. The van der Waals surface area contributed by atoms with Gasteiger partial charge in [-0.15, -0.1) is 0 Å². The summed E-state index contributed by atoms with van der Waals surface area (Å²) in [7, 11) is 5.88. The highest BCUT2D eigenvalue weighted by atomic mass is 16.5. The van der Waals surface area contributed by atoms with Crippen molar-refractivity contribution in [3.63, 3.8) is 0 Å². The van der Waals surface area contributed by atoms with Gasteiger partial charge < -0.3 is 14.7 Å². The smallest absolute Gasteiger partial charge is 0.119 e. The lowest BCUT2D eigenvalue weighted by atomic mass is 9.75. The zero-order valence-corrected chi connectivity index (χ0v) is 17.4. The molecule has 3 nitrogen and oxygen atoms in total. The molecule has 0 aromatic heterocycles. The topological polar surface area (TPSA) is 32.7 Å². The van der Waals surface area contributed by atoms with Crippen LogP contribution >= 0.6 is 0 Å². The van der Waals surface area contributed by atoms with Crippen LogP contribution in [0, 0.1) is 5.92 Å². The summed E-state index contributed by atoms with van der Waals surface area (Å²) < 4.78 is 5.39. The number of hydrogen-bond donors (Lipinski definition) is 1. The van der Waals surface area contributed by atoms with Crippen LogP contribution < -0.4 is 4.74 Å². The van der Waals surface area contributed by atoms with Crippen LogP contribution in [-0.4, -0.2) is 43.4 Å². The molecule has 1 fully saturated rings. The number of benzene rings is 2. The van der Waals surface area contributed by atoms with Crippen molar-refractivity contribution in [1.82, 2.24) is 4.90 Å². The molecule has 0 amide bonds. The molecule has 2 unspecified atom stereocenters. The van der Waals surface area contributed by atoms with E-state index in [2.05, 4.69) is 55.4 Å². The van der Waals surface area contributed by atoms with Crippen LogP contribution in [0.2, 0.25) is 0 Å². The Labute approximate surface area is 169 Å². The first-order chi connectivity index (χ1) is 13.5. The number of hydrogen-bond acceptors (Lipinski definition) is 3. The van der Waals surface area contributed by atoms with Crippen molar-refractivity contribution in [2.45, 2.75) is 37.7 Å². The van der Waals surface area contributed by atoms with Crippen molar-refractivity contribution in [3.05, 3.63) is 71.3 Å². The van der Waals surface area contributed by atoms with Gasteiger partial charge in [-0.1, -0.05) is 55.0 Å². The summed E-state index contributed by atoms with van der Waals surface area (Å²) in [5.41, 5.74) is 2.58. The Bertz CT molecular complexity index is 784. The summed E-state index contributed by atoms with van der Waals surface area (Å²) in [4.78, 5) is 2.20. The second-order valence-electron chi connectivity index (χ2n) is 8.24. The number of nitrogens with zero attached hydrogens (tertiary/aromatic N) is 1. The van der Waals surface area contributed by atoms with E-state index in [1.165, 1.54) is 5.56 Å². The third-order valence-electron chi connectivity index (χ3n) is 5.82. The van der Waals surface area contributed by atoms with Crippen LogP contribution in [0.25, 0.3) is 6.08 Å². The summed E-state index contributed by atoms with van der Waals surface area (Å²) in [5.74, 6) is 1.06. The second kappa shape index (κ2) is 9.40. The maximum Gasteiger partial charge on any atom is 0.119 e. The van der Waals surface area contributed by atoms with Gasteiger partial charge in [0.15, 0.2) is 0 Å². The predicted octanol–water partition coefficient (Wildman–Crippen LogP) is 4.80. The molecule has 1 aliphatic carbocycles. The number of methoxy groups -OCH3 is 1. The molecule has 0 radical (unpaired) electrons. The molecule has 0 heterocycles. The summed E-state index contributed by atoms with van der Waals surface area (Å²) in [5, 5.41) is 12.1. The molecule has 0 spiro atoms. The average Bonchev–Trinajstić information content (AvgIpc) is 2.82. The highest BCUT2D eigenvalue weighted by molar-refractivity contribution is 5.57. The monoisotopic (exact) mass is 379 g/mol. The molecule has 3 rings (SSSR count). The quantitative estimate of drug-likeness (QED) is 0.732. The third kappa shape index (κ3) is 5.03. The van der Waals surface area contributed by atoms with E-state index < -0.39 is 5.60 Å². The number of ether oxygens (including phenoxy) is 1. The van der Waals surface area contributed by atoms with Crippen molar-refractivity contribution in [3.8, 4) is 5.75 Å². The van der Waals surface area contributed by atoms with E-state index in [1.54, 1.807) is 7.11 Å². The van der Waals surface area contributed by atoms with Gasteiger partial charge >= 0.3 is 0 Å². The minimum atomic E-state index is -0.842. The van der Waals surface area contributed by atoms with Gasteiger partial charge in [-0.2, -0.15) is 0 Å². The molecule has 0 bridgehead atoms. The third-order valence-corrected chi connectivity index (χ3v) is 5.82. The number of rotatable bonds is 6. The Morgan fingerprint density at radius 2 is 1.89 bits per heavy atom. The fourth-order valence-electron chi connectivity index (χ4n) is 4.40. The van der Waals surface area contributed by atoms with Crippen LogP contribution in [0.15, 0.2) is 60.2 Å². The minimum Gasteiger partial charge on any atom is -0.497 e. The molecule has 0 saturated heterocycles. The van der Waals surface area contributed by atoms with Gasteiger partial charge in [0, 0.05) is 18.9 Å². The molecule has 3 heteroatoms. The van der Waals surface area contributed by atoms with E-state index in [0.29, 0.717) is 6.42 Å². The molecule has 2 aromatic rings. The summed E-state index contributed by atoms with van der Waals surface area (Å²) >= 11 is 0. The molecule has 1 saturated carbocycles. The highest BCUT2D eigenvalue weighted by Crippen LogP contribution is 2.40. The largest absolute Gasteiger partial charge is 0.497 e. The molecule has 150 valence electrons. The fourth-order valence-corrected chi connectivity index (χ4v) is 4.40. The first-order valence-electron chi connectivity index (χ1n) is 10.3. The van der Waals surface area contributed by atoms with Crippen LogP contribution in [0.1, 0.15) is 36.8 Å². The molecule has 1 aliphatic rings. The number of aliphatic hydroxyl groups is 1. The van der Waals surface area contributed by atoms with Crippen LogP contribution in [-0.2, 0) is 6.42 Å². The van der Waals surface area contributed by atoms with Crippen molar-refractivity contribution >= 4 is 6.08 Å². The summed E-state index contributed by atoms with van der Waals surface area (Å²) in [6.07, 6.45) is 7.12. The van der Waals surface area contributed by atoms with Gasteiger partial charge in [0.2, 0.25) is 0 Å². The zero-order chi connectivity index (χ0) is 20.0. The Kier molecular flexibility index (Phi) is 6.93. The van der Waals surface area contributed by atoms with Crippen LogP contribution in [0.5, 0.6) is 5.75 Å². The first kappa shape index (κ1) is 20.6. The molecule has 2 aromatic carbocycles. The fraction of sp³-hybridized carbons (Fsp3) is 0.440. The average molecular weight is 380 g/mol. The van der Waals surface area contributed by atoms with E-state index >= 15 is 0 Å². The lowest BCUT2D eigenvalue weighted by Crippen LogP contribution is -2.45. The van der Waals surface area contributed by atoms with E-state index in [-0.39, 0.29) is 5.92 Å². The van der Waals surface area contributed by atoms with Crippen molar-refractivity contribution in [2.75, 3.05) is 27.7 Å². The Balaban J connectivity index is 2.03. The van der Waals surface area contributed by atoms with Crippen molar-refractivity contribution < 1.29 is 9.84 Å². The van der Waals surface area contributed by atoms with Crippen molar-refractivity contribution in [2.24, 2.45) is 5.92 Å². The van der Waals surface area contributed by atoms with Crippen LogP contribution in [0.3, 0.4) is 0 Å². The zero-order valence-electron chi connectivity index (χ0n) is 17.4. The maximum atomic E-state index is 12.1. The van der Waals surface area contributed by atoms with E-state index in [4.69, 9.17) is 4.74 Å². The Morgan fingerprint density at radius 1 is 1.11 bits per heavy atom. The molecule has 0 aliphatic heterocycles. The molecule has 2 atom stereocenters. The minimum absolute atomic E-state index is 0.210. The second-order valence-corrected chi connectivity index (χ2v) is 8.24. The first-order valence-corrected chi connectivity index (χ1v) is 10.3. The van der Waals surface area contributed by atoms with Crippen LogP contribution in [0.4, 0.5) is 0 Å². The standard InChI is InChI=1S/C25H33NO2/c1-26(2)19-23-14-8-7-13-22(16-21-12-9-15-24(17-21)28-3)25(23,27)18-20-10-5-4-6-11-20/h4-6,9-12,15-17,23,27H,7-8,13-14,18-19H2,1-3H3. The van der Waals surface area contributed by atoms with Gasteiger partial charge in [-0.25, -0.2) is 0 Å². The highest BCUT2D eigenvalue weighted by Gasteiger charge is 2.41. The lowest BCUT2D eigenvalue weighted by molar-refractivity contribution is 0.00517. The Hall–Kier alpha value is -2.10. The Morgan fingerprint density at radius 3 is 2.61 bits per heavy atom. The van der Waals surface area contributed by atoms with Crippen molar-refractivity contribution in [1.29, 1.82) is 0 Å². The summed E-state index contributed by atoms with van der Waals surface area (Å²) in [6.45, 7) is 0.888.